The Morgan fingerprint density at radius 2 is 1.76 bits per heavy atom. The van der Waals surface area contributed by atoms with E-state index in [9.17, 15) is 9.59 Å². The number of aromatic nitrogens is 2. The van der Waals surface area contributed by atoms with Gasteiger partial charge in [-0.15, -0.1) is 0 Å². The molecule has 29 heavy (non-hydrogen) atoms. The Morgan fingerprint density at radius 1 is 1.10 bits per heavy atom. The van der Waals surface area contributed by atoms with Gasteiger partial charge in [0.1, 0.15) is 6.54 Å². The first-order valence-corrected chi connectivity index (χ1v) is 10.6. The van der Waals surface area contributed by atoms with Crippen LogP contribution in [0, 0.1) is 6.92 Å². The third-order valence-corrected chi connectivity index (χ3v) is 5.52. The molecule has 0 aliphatic heterocycles. The summed E-state index contributed by atoms with van der Waals surface area (Å²) in [5.74, 6) is 0.570. The first-order chi connectivity index (χ1) is 14.0. The summed E-state index contributed by atoms with van der Waals surface area (Å²) in [5, 5.41) is 3.54. The summed E-state index contributed by atoms with van der Waals surface area (Å²) >= 11 is 1.50. The Balaban J connectivity index is 1.67. The summed E-state index contributed by atoms with van der Waals surface area (Å²) in [7, 11) is 0. The molecule has 0 spiro atoms. The largest absolute Gasteiger partial charge is 0.348 e. The van der Waals surface area contributed by atoms with Crippen LogP contribution >= 0.6 is 11.8 Å². The molecule has 150 valence electrons. The van der Waals surface area contributed by atoms with Gasteiger partial charge >= 0.3 is 0 Å². The fourth-order valence-electron chi connectivity index (χ4n) is 3.01. The Hall–Kier alpha value is -2.86. The molecular weight excluding hydrogens is 382 g/mol. The predicted molar refractivity (Wildman–Crippen MR) is 117 cm³/mol. The van der Waals surface area contributed by atoms with Gasteiger partial charge < -0.3 is 5.32 Å². The van der Waals surface area contributed by atoms with Gasteiger partial charge in [-0.3, -0.25) is 14.2 Å². The van der Waals surface area contributed by atoms with Gasteiger partial charge in [0, 0.05) is 17.5 Å². The van der Waals surface area contributed by atoms with Crippen molar-refractivity contribution in [3.05, 3.63) is 93.9 Å². The molecule has 0 fully saturated rings. The number of carbonyl (C=O) groups is 1. The second kappa shape index (κ2) is 10.1. The first kappa shape index (κ1) is 20.9. The van der Waals surface area contributed by atoms with Crippen molar-refractivity contribution in [2.75, 3.05) is 5.75 Å². The van der Waals surface area contributed by atoms with Crippen LogP contribution in [0.25, 0.3) is 0 Å². The minimum atomic E-state index is -0.209. The smallest absolute Gasteiger partial charge is 0.254 e. The summed E-state index contributed by atoms with van der Waals surface area (Å²) in [6.07, 6.45) is 0.868. The van der Waals surface area contributed by atoms with Gasteiger partial charge in [-0.25, -0.2) is 4.98 Å². The Morgan fingerprint density at radius 3 is 2.45 bits per heavy atom. The van der Waals surface area contributed by atoms with Gasteiger partial charge in [-0.1, -0.05) is 72.4 Å². The highest BCUT2D eigenvalue weighted by molar-refractivity contribution is 7.99. The van der Waals surface area contributed by atoms with E-state index in [4.69, 9.17) is 0 Å². The standard InChI is InChI=1S/C23H25N3O2S/c1-17-15-22(28)26(16-21(27)25-18(2)20-11-7-4-8-12-20)23(24-17)29-14-13-19-9-5-3-6-10-19/h3-12,15,18H,13-14,16H2,1-2H3,(H,25,27)/t18-/m1/s1. The molecule has 2 aromatic carbocycles. The fourth-order valence-corrected chi connectivity index (χ4v) is 4.05. The van der Waals surface area contributed by atoms with Crippen LogP contribution in [0.2, 0.25) is 0 Å². The number of nitrogens with one attached hydrogen (secondary N) is 1. The van der Waals surface area contributed by atoms with Crippen molar-refractivity contribution >= 4 is 17.7 Å². The predicted octanol–water partition coefficient (Wildman–Crippen LogP) is 3.76. The third-order valence-electron chi connectivity index (χ3n) is 4.54. The van der Waals surface area contributed by atoms with E-state index in [1.165, 1.54) is 28.0 Å². The van der Waals surface area contributed by atoms with Crippen LogP contribution < -0.4 is 10.9 Å². The van der Waals surface area contributed by atoms with Crippen molar-refractivity contribution in [3.63, 3.8) is 0 Å². The monoisotopic (exact) mass is 407 g/mol. The fraction of sp³-hybridized carbons (Fsp3) is 0.261. The molecule has 6 heteroatoms. The maximum absolute atomic E-state index is 12.6. The molecule has 0 bridgehead atoms. The molecule has 3 rings (SSSR count). The molecule has 1 aromatic heterocycles. The summed E-state index contributed by atoms with van der Waals surface area (Å²) in [6.45, 7) is 3.68. The first-order valence-electron chi connectivity index (χ1n) is 9.62. The molecule has 1 atom stereocenters. The van der Waals surface area contributed by atoms with Gasteiger partial charge in [-0.2, -0.15) is 0 Å². The molecular formula is C23H25N3O2S. The van der Waals surface area contributed by atoms with Crippen molar-refractivity contribution in [2.45, 2.75) is 38.0 Å². The maximum atomic E-state index is 12.6. The minimum Gasteiger partial charge on any atom is -0.348 e. The van der Waals surface area contributed by atoms with E-state index in [1.54, 1.807) is 6.92 Å². The molecule has 1 heterocycles. The van der Waals surface area contributed by atoms with Crippen molar-refractivity contribution in [2.24, 2.45) is 0 Å². The molecule has 5 nitrogen and oxygen atoms in total. The third kappa shape index (κ3) is 6.06. The second-order valence-corrected chi connectivity index (χ2v) is 7.95. The van der Waals surface area contributed by atoms with Crippen LogP contribution in [-0.2, 0) is 17.8 Å². The molecule has 0 saturated carbocycles. The minimum absolute atomic E-state index is 0.0447. The highest BCUT2D eigenvalue weighted by Gasteiger charge is 2.14. The highest BCUT2D eigenvalue weighted by atomic mass is 32.2. The number of hydrogen-bond acceptors (Lipinski definition) is 4. The Bertz CT molecular complexity index is 1000. The highest BCUT2D eigenvalue weighted by Crippen LogP contribution is 2.17. The van der Waals surface area contributed by atoms with E-state index in [0.29, 0.717) is 10.9 Å². The molecule has 0 aliphatic carbocycles. The molecule has 0 unspecified atom stereocenters. The normalized spacial score (nSPS) is 11.8. The van der Waals surface area contributed by atoms with Gasteiger partial charge in [0.05, 0.1) is 6.04 Å². The van der Waals surface area contributed by atoms with E-state index < -0.39 is 0 Å². The summed E-state index contributed by atoms with van der Waals surface area (Å²) in [6, 6.07) is 21.3. The van der Waals surface area contributed by atoms with Crippen LogP contribution in [0.5, 0.6) is 0 Å². The lowest BCUT2D eigenvalue weighted by atomic mass is 10.1. The lowest BCUT2D eigenvalue weighted by molar-refractivity contribution is -0.122. The maximum Gasteiger partial charge on any atom is 0.254 e. The van der Waals surface area contributed by atoms with Gasteiger partial charge in [0.2, 0.25) is 5.91 Å². The second-order valence-electron chi connectivity index (χ2n) is 6.89. The number of amides is 1. The molecule has 0 aliphatic rings. The van der Waals surface area contributed by atoms with Gasteiger partial charge in [-0.05, 0) is 31.4 Å². The van der Waals surface area contributed by atoms with Crippen LogP contribution in [0.4, 0.5) is 0 Å². The van der Waals surface area contributed by atoms with E-state index in [0.717, 1.165) is 17.7 Å². The number of hydrogen-bond donors (Lipinski definition) is 1. The Kier molecular flexibility index (Phi) is 7.25. The number of benzene rings is 2. The Labute approximate surface area is 175 Å². The molecule has 1 amide bonds. The number of rotatable bonds is 8. The average Bonchev–Trinajstić information content (AvgIpc) is 2.72. The zero-order chi connectivity index (χ0) is 20.6. The number of aryl methyl sites for hydroxylation is 2. The van der Waals surface area contributed by atoms with E-state index in [2.05, 4.69) is 22.4 Å². The quantitative estimate of drug-likeness (QED) is 0.456. The van der Waals surface area contributed by atoms with Crippen LogP contribution in [-0.4, -0.2) is 21.2 Å². The molecule has 1 N–H and O–H groups in total. The van der Waals surface area contributed by atoms with E-state index in [1.807, 2.05) is 55.5 Å². The lowest BCUT2D eigenvalue weighted by Crippen LogP contribution is -2.34. The average molecular weight is 408 g/mol. The lowest BCUT2D eigenvalue weighted by Gasteiger charge is -2.16. The summed E-state index contributed by atoms with van der Waals surface area (Å²) in [4.78, 5) is 29.6. The number of thioether (sulfide) groups is 1. The summed E-state index contributed by atoms with van der Waals surface area (Å²) in [5.41, 5.74) is 2.71. The summed E-state index contributed by atoms with van der Waals surface area (Å²) < 4.78 is 1.45. The van der Waals surface area contributed by atoms with Crippen molar-refractivity contribution in [3.8, 4) is 0 Å². The van der Waals surface area contributed by atoms with Crippen molar-refractivity contribution < 1.29 is 4.79 Å². The van der Waals surface area contributed by atoms with Crippen molar-refractivity contribution in [1.82, 2.24) is 14.9 Å². The molecule has 0 radical (unpaired) electrons. The van der Waals surface area contributed by atoms with Crippen LogP contribution in [0.1, 0.15) is 29.8 Å². The zero-order valence-corrected chi connectivity index (χ0v) is 17.5. The van der Waals surface area contributed by atoms with Crippen LogP contribution in [0.15, 0.2) is 76.7 Å². The SMILES string of the molecule is Cc1cc(=O)n(CC(=O)N[C@H](C)c2ccccc2)c(SCCc2ccccc2)n1. The number of nitrogens with zero attached hydrogens (tertiary/aromatic N) is 2. The van der Waals surface area contributed by atoms with Gasteiger partial charge in [0.25, 0.3) is 5.56 Å². The van der Waals surface area contributed by atoms with Crippen LogP contribution in [0.3, 0.4) is 0 Å². The van der Waals surface area contributed by atoms with Crippen molar-refractivity contribution in [1.29, 1.82) is 0 Å². The van der Waals surface area contributed by atoms with Gasteiger partial charge in [0.15, 0.2) is 5.16 Å². The van der Waals surface area contributed by atoms with E-state index in [-0.39, 0.29) is 24.1 Å². The van der Waals surface area contributed by atoms with E-state index >= 15 is 0 Å². The molecule has 3 aromatic rings. The molecule has 0 saturated heterocycles. The zero-order valence-electron chi connectivity index (χ0n) is 16.7. The number of carbonyl (C=O) groups excluding carboxylic acids is 1. The topological polar surface area (TPSA) is 64.0 Å².